The topological polar surface area (TPSA) is 95.7 Å². The van der Waals surface area contributed by atoms with E-state index >= 15 is 0 Å². The normalized spacial score (nSPS) is 9.69. The Balaban J connectivity index is 0.000000267. The van der Waals surface area contributed by atoms with E-state index in [1.54, 1.807) is 0 Å². The SMILES string of the molecule is C#Cc1ccccc1.COC(=O)COc1ccc(S(=O)(=O)Cl)cc1.Nc1ccccc1I. The molecular weight excluding hydrogens is 565 g/mol. The summed E-state index contributed by atoms with van der Waals surface area (Å²) in [5, 5.41) is 0. The van der Waals surface area contributed by atoms with E-state index in [9.17, 15) is 13.2 Å². The van der Waals surface area contributed by atoms with Gasteiger partial charge in [-0.05, 0) is 71.1 Å². The molecule has 0 aliphatic heterocycles. The van der Waals surface area contributed by atoms with E-state index in [2.05, 4.69) is 33.2 Å². The molecule has 0 unspecified atom stereocenters. The summed E-state index contributed by atoms with van der Waals surface area (Å²) in [6.45, 7) is -0.233. The van der Waals surface area contributed by atoms with E-state index in [0.717, 1.165) is 14.8 Å². The van der Waals surface area contributed by atoms with E-state index in [0.29, 0.717) is 5.75 Å². The average molecular weight is 586 g/mol. The van der Waals surface area contributed by atoms with Crippen molar-refractivity contribution in [3.63, 3.8) is 0 Å². The molecule has 0 saturated carbocycles. The van der Waals surface area contributed by atoms with Crippen LogP contribution in [0.4, 0.5) is 5.69 Å². The van der Waals surface area contributed by atoms with Crippen LogP contribution in [-0.4, -0.2) is 28.1 Å². The fraction of sp³-hybridized carbons (Fsp3) is 0.0870. The summed E-state index contributed by atoms with van der Waals surface area (Å²) in [6.07, 6.45) is 5.10. The van der Waals surface area contributed by atoms with Crippen LogP contribution in [0.15, 0.2) is 83.8 Å². The van der Waals surface area contributed by atoms with Crippen molar-refractivity contribution in [1.82, 2.24) is 0 Å². The van der Waals surface area contributed by atoms with Crippen LogP contribution < -0.4 is 10.5 Å². The molecule has 0 aliphatic rings. The van der Waals surface area contributed by atoms with E-state index in [4.69, 9.17) is 27.6 Å². The standard InChI is InChI=1S/C9H9ClO5S.C8H6.C6H6IN/c1-14-9(11)6-15-7-2-4-8(5-3-7)16(10,12)13;1-2-8-6-4-3-5-7-8;7-5-3-1-2-4-6(5)8/h2-5H,6H2,1H3;1,3-7H;1-4H,8H2. The zero-order chi connectivity index (χ0) is 24.0. The monoisotopic (exact) mass is 585 g/mol. The number of terminal acetylenes is 1. The molecule has 32 heavy (non-hydrogen) atoms. The number of rotatable bonds is 4. The molecule has 0 heterocycles. The van der Waals surface area contributed by atoms with Gasteiger partial charge in [0, 0.05) is 25.5 Å². The van der Waals surface area contributed by atoms with Crippen LogP contribution in [0.5, 0.6) is 5.75 Å². The van der Waals surface area contributed by atoms with Crippen LogP contribution in [0.25, 0.3) is 0 Å². The third-order valence-corrected chi connectivity index (χ3v) is 5.89. The summed E-state index contributed by atoms with van der Waals surface area (Å²) >= 11 is 2.20. The van der Waals surface area contributed by atoms with Gasteiger partial charge in [0.2, 0.25) is 0 Å². The number of methoxy groups -OCH3 is 1. The zero-order valence-corrected chi connectivity index (χ0v) is 20.8. The molecule has 0 fully saturated rings. The van der Waals surface area contributed by atoms with Crippen molar-refractivity contribution in [2.45, 2.75) is 4.90 Å². The van der Waals surface area contributed by atoms with E-state index in [1.807, 2.05) is 54.6 Å². The quantitative estimate of drug-likeness (QED) is 0.157. The molecular formula is C23H21ClINO5S. The highest BCUT2D eigenvalue weighted by molar-refractivity contribution is 14.1. The third-order valence-electron chi connectivity index (χ3n) is 3.54. The maximum atomic E-state index is 10.9. The Morgan fingerprint density at radius 1 is 1.03 bits per heavy atom. The Morgan fingerprint density at radius 2 is 1.59 bits per heavy atom. The third kappa shape index (κ3) is 11.0. The fourth-order valence-electron chi connectivity index (χ4n) is 1.91. The number of hydrogen-bond acceptors (Lipinski definition) is 6. The van der Waals surface area contributed by atoms with E-state index < -0.39 is 15.0 Å². The number of nitrogen functional groups attached to an aromatic ring is 1. The minimum absolute atomic E-state index is 0.0282. The summed E-state index contributed by atoms with van der Waals surface area (Å²) in [6, 6.07) is 22.7. The molecule has 0 atom stereocenters. The van der Waals surface area contributed by atoms with E-state index in [-0.39, 0.29) is 11.5 Å². The van der Waals surface area contributed by atoms with Crippen molar-refractivity contribution in [2.75, 3.05) is 19.5 Å². The van der Waals surface area contributed by atoms with Gasteiger partial charge in [0.15, 0.2) is 6.61 Å². The molecule has 2 N–H and O–H groups in total. The second-order valence-electron chi connectivity index (χ2n) is 5.81. The number of para-hydroxylation sites is 1. The molecule has 3 aromatic carbocycles. The van der Waals surface area contributed by atoms with Crippen molar-refractivity contribution in [3.8, 4) is 18.1 Å². The lowest BCUT2D eigenvalue weighted by atomic mass is 10.2. The van der Waals surface area contributed by atoms with Crippen LogP contribution in [0, 0.1) is 15.9 Å². The number of esters is 1. The van der Waals surface area contributed by atoms with Gasteiger partial charge >= 0.3 is 5.97 Å². The Labute approximate surface area is 206 Å². The summed E-state index contributed by atoms with van der Waals surface area (Å²) in [5.41, 5.74) is 7.30. The average Bonchev–Trinajstić information content (AvgIpc) is 2.80. The maximum absolute atomic E-state index is 10.9. The highest BCUT2D eigenvalue weighted by Crippen LogP contribution is 2.18. The Hall–Kier alpha value is -2.74. The number of ether oxygens (including phenoxy) is 2. The lowest BCUT2D eigenvalue weighted by Crippen LogP contribution is -2.12. The number of nitrogens with two attached hydrogens (primary N) is 1. The van der Waals surface area contributed by atoms with Gasteiger partial charge in [-0.25, -0.2) is 13.2 Å². The molecule has 168 valence electrons. The Bertz CT molecular complexity index is 1110. The second-order valence-corrected chi connectivity index (χ2v) is 9.53. The molecule has 0 saturated heterocycles. The number of benzene rings is 3. The molecule has 0 spiro atoms. The van der Waals surface area contributed by atoms with Crippen molar-refractivity contribution in [2.24, 2.45) is 0 Å². The zero-order valence-electron chi connectivity index (χ0n) is 17.1. The maximum Gasteiger partial charge on any atom is 0.343 e. The van der Waals surface area contributed by atoms with Gasteiger partial charge in [-0.1, -0.05) is 36.3 Å². The van der Waals surface area contributed by atoms with Gasteiger partial charge in [0.25, 0.3) is 9.05 Å². The second kappa shape index (κ2) is 14.3. The van der Waals surface area contributed by atoms with Gasteiger partial charge in [0.1, 0.15) is 5.75 Å². The van der Waals surface area contributed by atoms with Crippen LogP contribution in [0.1, 0.15) is 5.56 Å². The highest BCUT2D eigenvalue weighted by atomic mass is 127. The molecule has 0 bridgehead atoms. The minimum atomic E-state index is -3.73. The molecule has 6 nitrogen and oxygen atoms in total. The lowest BCUT2D eigenvalue weighted by molar-refractivity contribution is -0.142. The van der Waals surface area contributed by atoms with Crippen LogP contribution in [0.3, 0.4) is 0 Å². The fourth-order valence-corrected chi connectivity index (χ4v) is 3.07. The predicted molar refractivity (Wildman–Crippen MR) is 135 cm³/mol. The highest BCUT2D eigenvalue weighted by Gasteiger charge is 2.09. The number of anilines is 1. The number of halogens is 2. The van der Waals surface area contributed by atoms with Crippen molar-refractivity contribution < 1.29 is 22.7 Å². The van der Waals surface area contributed by atoms with Crippen LogP contribution >= 0.6 is 33.3 Å². The molecule has 0 amide bonds. The van der Waals surface area contributed by atoms with Gasteiger partial charge in [-0.2, -0.15) is 0 Å². The first-order valence-corrected chi connectivity index (χ1v) is 12.3. The lowest BCUT2D eigenvalue weighted by Gasteiger charge is -2.04. The summed E-state index contributed by atoms with van der Waals surface area (Å²) in [5.74, 6) is 2.36. The summed E-state index contributed by atoms with van der Waals surface area (Å²) < 4.78 is 32.3. The Kier molecular flexibility index (Phi) is 12.2. The number of carbonyl (C=O) groups is 1. The van der Waals surface area contributed by atoms with Crippen molar-refractivity contribution in [1.29, 1.82) is 0 Å². The van der Waals surface area contributed by atoms with E-state index in [1.165, 1.54) is 31.4 Å². The number of hydrogen-bond donors (Lipinski definition) is 1. The predicted octanol–water partition coefficient (Wildman–Crippen LogP) is 4.71. The van der Waals surface area contributed by atoms with Crippen molar-refractivity contribution >= 4 is 54.0 Å². The van der Waals surface area contributed by atoms with Gasteiger partial charge < -0.3 is 15.2 Å². The van der Waals surface area contributed by atoms with Crippen molar-refractivity contribution in [3.05, 3.63) is 88.0 Å². The molecule has 0 aliphatic carbocycles. The minimum Gasteiger partial charge on any atom is -0.482 e. The van der Waals surface area contributed by atoms with Crippen LogP contribution in [0.2, 0.25) is 0 Å². The largest absolute Gasteiger partial charge is 0.482 e. The smallest absolute Gasteiger partial charge is 0.343 e. The van der Waals surface area contributed by atoms with Gasteiger partial charge in [0.05, 0.1) is 12.0 Å². The Morgan fingerprint density at radius 3 is 2.00 bits per heavy atom. The molecule has 0 radical (unpaired) electrons. The molecule has 9 heteroatoms. The summed E-state index contributed by atoms with van der Waals surface area (Å²) in [4.78, 5) is 10.7. The first kappa shape index (κ1) is 27.3. The summed E-state index contributed by atoms with van der Waals surface area (Å²) in [7, 11) is 2.63. The van der Waals surface area contributed by atoms with Gasteiger partial charge in [-0.15, -0.1) is 6.42 Å². The van der Waals surface area contributed by atoms with Crippen LogP contribution in [-0.2, 0) is 18.6 Å². The first-order chi connectivity index (χ1) is 15.2. The first-order valence-electron chi connectivity index (χ1n) is 8.93. The van der Waals surface area contributed by atoms with Gasteiger partial charge in [-0.3, -0.25) is 0 Å². The number of carbonyl (C=O) groups excluding carboxylic acids is 1. The molecule has 3 aromatic rings. The molecule has 3 rings (SSSR count). The molecule has 0 aromatic heterocycles.